The fourth-order valence-corrected chi connectivity index (χ4v) is 1.50. The van der Waals surface area contributed by atoms with Crippen LogP contribution >= 0.6 is 11.8 Å². The van der Waals surface area contributed by atoms with Crippen LogP contribution in [-0.2, 0) is 0 Å². The van der Waals surface area contributed by atoms with Gasteiger partial charge in [0.05, 0.1) is 13.2 Å². The Bertz CT molecular complexity index is 166. The van der Waals surface area contributed by atoms with E-state index in [0.29, 0.717) is 0 Å². The van der Waals surface area contributed by atoms with E-state index in [2.05, 4.69) is 0 Å². The van der Waals surface area contributed by atoms with Gasteiger partial charge in [-0.25, -0.2) is 8.78 Å². The zero-order valence-electron chi connectivity index (χ0n) is 7.81. The van der Waals surface area contributed by atoms with E-state index in [4.69, 9.17) is 5.11 Å². The summed E-state index contributed by atoms with van der Waals surface area (Å²) in [7, 11) is 0. The SMILES string of the molecule is OCCN(CCSC(F)(F)F)CC(F)F. The summed E-state index contributed by atoms with van der Waals surface area (Å²) in [6, 6.07) is 0. The summed E-state index contributed by atoms with van der Waals surface area (Å²) in [6.45, 7) is -1.11. The fourth-order valence-electron chi connectivity index (χ4n) is 0.921. The summed E-state index contributed by atoms with van der Waals surface area (Å²) in [5, 5.41) is 8.49. The van der Waals surface area contributed by atoms with Crippen molar-refractivity contribution >= 4 is 11.8 Å². The highest BCUT2D eigenvalue weighted by atomic mass is 32.2. The maximum atomic E-state index is 11.9. The summed E-state index contributed by atoms with van der Waals surface area (Å²) in [5.74, 6) is -0.309. The first-order chi connectivity index (χ1) is 6.85. The molecule has 0 radical (unpaired) electrons. The highest BCUT2D eigenvalue weighted by molar-refractivity contribution is 8.00. The minimum Gasteiger partial charge on any atom is -0.395 e. The van der Waals surface area contributed by atoms with Gasteiger partial charge in [0.1, 0.15) is 0 Å². The molecule has 0 atom stereocenters. The molecule has 0 amide bonds. The van der Waals surface area contributed by atoms with Crippen molar-refractivity contribution in [3.8, 4) is 0 Å². The number of alkyl halides is 5. The van der Waals surface area contributed by atoms with E-state index < -0.39 is 18.5 Å². The molecule has 15 heavy (non-hydrogen) atoms. The number of aliphatic hydroxyl groups is 1. The second kappa shape index (κ2) is 7.24. The molecule has 0 fully saturated rings. The minimum absolute atomic E-state index is 0.0389. The Balaban J connectivity index is 3.75. The van der Waals surface area contributed by atoms with Crippen LogP contribution in [0.15, 0.2) is 0 Å². The van der Waals surface area contributed by atoms with Gasteiger partial charge in [-0.2, -0.15) is 13.2 Å². The van der Waals surface area contributed by atoms with Crippen LogP contribution in [0.3, 0.4) is 0 Å². The lowest BCUT2D eigenvalue weighted by Gasteiger charge is -2.20. The summed E-state index contributed by atoms with van der Waals surface area (Å²) in [6.07, 6.45) is -2.60. The zero-order valence-corrected chi connectivity index (χ0v) is 8.62. The summed E-state index contributed by atoms with van der Waals surface area (Å²) in [5.41, 5.74) is -4.34. The van der Waals surface area contributed by atoms with E-state index in [0.717, 1.165) is 4.90 Å². The van der Waals surface area contributed by atoms with Gasteiger partial charge in [-0.15, -0.1) is 0 Å². The standard InChI is InChI=1S/C7H12F5NOS/c8-6(9)5-13(1-3-14)2-4-15-7(10,11)12/h6,14H,1-5H2. The van der Waals surface area contributed by atoms with Gasteiger partial charge in [0, 0.05) is 18.8 Å². The van der Waals surface area contributed by atoms with Crippen molar-refractivity contribution in [2.75, 3.05) is 32.0 Å². The highest BCUT2D eigenvalue weighted by Gasteiger charge is 2.28. The van der Waals surface area contributed by atoms with Gasteiger partial charge in [0.15, 0.2) is 0 Å². The molecular formula is C7H12F5NOS. The molecule has 1 N–H and O–H groups in total. The Morgan fingerprint density at radius 1 is 1.20 bits per heavy atom. The van der Waals surface area contributed by atoms with Crippen LogP contribution in [0.1, 0.15) is 0 Å². The topological polar surface area (TPSA) is 23.5 Å². The average molecular weight is 253 g/mol. The minimum atomic E-state index is -4.34. The number of rotatable bonds is 7. The molecule has 0 spiro atoms. The van der Waals surface area contributed by atoms with Gasteiger partial charge in [-0.05, 0) is 11.8 Å². The third kappa shape index (κ3) is 10.2. The van der Waals surface area contributed by atoms with Crippen LogP contribution in [0.5, 0.6) is 0 Å². The Morgan fingerprint density at radius 3 is 2.20 bits per heavy atom. The molecule has 0 aromatic carbocycles. The molecule has 0 bridgehead atoms. The quantitative estimate of drug-likeness (QED) is 0.700. The van der Waals surface area contributed by atoms with Gasteiger partial charge in [0.25, 0.3) is 6.43 Å². The van der Waals surface area contributed by atoms with E-state index in [1.54, 1.807) is 0 Å². The predicted molar refractivity (Wildman–Crippen MR) is 48.0 cm³/mol. The van der Waals surface area contributed by atoms with E-state index in [-0.39, 0.29) is 37.2 Å². The van der Waals surface area contributed by atoms with E-state index in [1.165, 1.54) is 0 Å². The Morgan fingerprint density at radius 2 is 1.80 bits per heavy atom. The maximum absolute atomic E-state index is 11.9. The molecule has 0 aliphatic rings. The lowest BCUT2D eigenvalue weighted by Crippen LogP contribution is -2.33. The Labute approximate surface area is 88.4 Å². The van der Waals surface area contributed by atoms with Crippen LogP contribution in [0.25, 0.3) is 0 Å². The first-order valence-electron chi connectivity index (χ1n) is 4.17. The first-order valence-corrected chi connectivity index (χ1v) is 5.15. The predicted octanol–water partition coefficient (Wildman–Crippen LogP) is 1.80. The summed E-state index contributed by atoms with van der Waals surface area (Å²) in [4.78, 5) is 1.10. The number of nitrogens with zero attached hydrogens (tertiary/aromatic N) is 1. The number of hydrogen-bond acceptors (Lipinski definition) is 3. The summed E-state index contributed by atoms with van der Waals surface area (Å²) < 4.78 is 58.9. The molecule has 0 aromatic heterocycles. The molecule has 0 saturated heterocycles. The third-order valence-electron chi connectivity index (χ3n) is 1.49. The molecule has 0 saturated carbocycles. The van der Waals surface area contributed by atoms with Crippen molar-refractivity contribution in [3.05, 3.63) is 0 Å². The van der Waals surface area contributed by atoms with Crippen molar-refractivity contribution in [1.82, 2.24) is 4.90 Å². The van der Waals surface area contributed by atoms with Crippen molar-refractivity contribution in [1.29, 1.82) is 0 Å². The third-order valence-corrected chi connectivity index (χ3v) is 2.20. The second-order valence-electron chi connectivity index (χ2n) is 2.71. The average Bonchev–Trinajstić information content (AvgIpc) is 2.00. The molecule has 0 aromatic rings. The number of thioether (sulfide) groups is 1. The molecule has 0 unspecified atom stereocenters. The first kappa shape index (κ1) is 14.9. The molecule has 2 nitrogen and oxygen atoms in total. The fraction of sp³-hybridized carbons (Fsp3) is 1.00. The lowest BCUT2D eigenvalue weighted by molar-refractivity contribution is -0.0329. The molecule has 0 rings (SSSR count). The van der Waals surface area contributed by atoms with Gasteiger partial charge in [-0.3, -0.25) is 4.90 Å². The Kier molecular flexibility index (Phi) is 7.20. The van der Waals surface area contributed by atoms with Crippen molar-refractivity contribution in [2.45, 2.75) is 11.9 Å². The van der Waals surface area contributed by atoms with Gasteiger partial charge in [0.2, 0.25) is 0 Å². The van der Waals surface area contributed by atoms with Gasteiger partial charge < -0.3 is 5.11 Å². The van der Waals surface area contributed by atoms with Crippen molar-refractivity contribution in [3.63, 3.8) is 0 Å². The van der Waals surface area contributed by atoms with Crippen LogP contribution in [0, 0.1) is 0 Å². The molecular weight excluding hydrogens is 241 g/mol. The highest BCUT2D eigenvalue weighted by Crippen LogP contribution is 2.29. The normalized spacial score (nSPS) is 12.8. The summed E-state index contributed by atoms with van der Waals surface area (Å²) >= 11 is -0.253. The second-order valence-corrected chi connectivity index (χ2v) is 3.87. The molecule has 0 aliphatic carbocycles. The molecule has 0 aliphatic heterocycles. The van der Waals surface area contributed by atoms with E-state index in [9.17, 15) is 22.0 Å². The number of hydrogen-bond donors (Lipinski definition) is 1. The van der Waals surface area contributed by atoms with Crippen LogP contribution in [-0.4, -0.2) is 53.9 Å². The zero-order chi connectivity index (χ0) is 11.9. The number of halogens is 5. The maximum Gasteiger partial charge on any atom is 0.441 e. The van der Waals surface area contributed by atoms with Gasteiger partial charge in [-0.1, -0.05) is 0 Å². The largest absolute Gasteiger partial charge is 0.441 e. The van der Waals surface area contributed by atoms with Crippen molar-refractivity contribution < 1.29 is 27.1 Å². The van der Waals surface area contributed by atoms with Gasteiger partial charge >= 0.3 is 5.51 Å². The molecule has 0 heterocycles. The van der Waals surface area contributed by atoms with Crippen LogP contribution < -0.4 is 0 Å². The van der Waals surface area contributed by atoms with Crippen LogP contribution in [0.4, 0.5) is 22.0 Å². The monoisotopic (exact) mass is 253 g/mol. The van der Waals surface area contributed by atoms with Crippen molar-refractivity contribution in [2.24, 2.45) is 0 Å². The smallest absolute Gasteiger partial charge is 0.395 e. The molecule has 8 heteroatoms. The lowest BCUT2D eigenvalue weighted by atomic mass is 10.5. The Hall–Kier alpha value is -0.0800. The number of aliphatic hydroxyl groups excluding tert-OH is 1. The van der Waals surface area contributed by atoms with Crippen LogP contribution in [0.2, 0.25) is 0 Å². The van der Waals surface area contributed by atoms with E-state index in [1.807, 2.05) is 0 Å². The van der Waals surface area contributed by atoms with E-state index >= 15 is 0 Å². The molecule has 92 valence electrons.